The van der Waals surface area contributed by atoms with Gasteiger partial charge in [0.1, 0.15) is 11.6 Å². The first-order valence-electron chi connectivity index (χ1n) is 12.1. The molecule has 0 spiro atoms. The van der Waals surface area contributed by atoms with Crippen LogP contribution in [0.15, 0.2) is 24.4 Å². The van der Waals surface area contributed by atoms with Gasteiger partial charge in [-0.25, -0.2) is 4.98 Å². The van der Waals surface area contributed by atoms with Gasteiger partial charge in [0.2, 0.25) is 5.91 Å². The molecule has 1 fully saturated rings. The van der Waals surface area contributed by atoms with E-state index >= 15 is 0 Å². The Hall–Kier alpha value is -3.67. The summed E-state index contributed by atoms with van der Waals surface area (Å²) in [6.07, 6.45) is -6.02. The first kappa shape index (κ1) is 20.7. The van der Waals surface area contributed by atoms with Gasteiger partial charge in [0.15, 0.2) is 17.7 Å². The number of nitrogens with one attached hydrogen (secondary N) is 2. The number of amides is 1. The van der Waals surface area contributed by atoms with Crippen LogP contribution in [-0.4, -0.2) is 44.8 Å². The van der Waals surface area contributed by atoms with E-state index in [9.17, 15) is 27.9 Å². The molecule has 0 unspecified atom stereocenters. The van der Waals surface area contributed by atoms with Crippen molar-refractivity contribution in [3.63, 3.8) is 0 Å². The molecule has 2 aromatic heterocycles. The van der Waals surface area contributed by atoms with E-state index in [2.05, 4.69) is 20.7 Å². The number of fused-ring (bicyclic) bond motifs is 1. The van der Waals surface area contributed by atoms with Gasteiger partial charge in [-0.05, 0) is 18.9 Å². The number of halogens is 3. The van der Waals surface area contributed by atoms with E-state index in [-0.39, 0.29) is 45.8 Å². The van der Waals surface area contributed by atoms with Crippen LogP contribution in [0.4, 0.5) is 30.5 Å². The van der Waals surface area contributed by atoms with E-state index in [0.29, 0.717) is 5.52 Å². The van der Waals surface area contributed by atoms with Crippen LogP contribution in [-0.2, 0) is 11.8 Å². The normalized spacial score (nSPS) is 16.2. The van der Waals surface area contributed by atoms with Gasteiger partial charge in [-0.1, -0.05) is 12.9 Å². The number of nitrogens with zero attached hydrogens (tertiary/aromatic N) is 3. The molecule has 3 N–H and O–H groups in total. The zero-order valence-electron chi connectivity index (χ0n) is 21.7. The summed E-state index contributed by atoms with van der Waals surface area (Å²) in [4.78, 5) is 29.1. The fraction of sp³-hybridized carbons (Fsp3) is 0.391. The fourth-order valence-electron chi connectivity index (χ4n) is 3.69. The molecule has 1 amide bonds. The molecule has 1 aliphatic rings. The van der Waals surface area contributed by atoms with Crippen LogP contribution in [0.1, 0.15) is 52.3 Å². The Bertz CT molecular complexity index is 1400. The lowest BCUT2D eigenvalue weighted by molar-refractivity contribution is -0.207. The summed E-state index contributed by atoms with van der Waals surface area (Å²) in [7, 11) is 2.67. The third-order valence-corrected chi connectivity index (χ3v) is 5.63. The van der Waals surface area contributed by atoms with E-state index in [1.54, 1.807) is 0 Å². The quantitative estimate of drug-likeness (QED) is 0.401. The van der Waals surface area contributed by atoms with Crippen molar-refractivity contribution in [1.29, 1.82) is 0 Å². The molecule has 1 aliphatic carbocycles. The van der Waals surface area contributed by atoms with Crippen molar-refractivity contribution in [2.45, 2.75) is 38.4 Å². The SMILES string of the molecule is [2H]C([2H])([2H])CC(=O)c1cnc(NC(=O)C2CC2)cc1Nc1nn(C)c2ccc([C@H](O)C(F)(F)F)c(OC)c12. The second kappa shape index (κ2) is 9.17. The number of aliphatic hydroxyl groups excluding tert-OH is 1. The molecular weight excluding hydrogens is 467 g/mol. The lowest BCUT2D eigenvalue weighted by atomic mass is 10.0. The molecule has 9 nitrogen and oxygen atoms in total. The van der Waals surface area contributed by atoms with Gasteiger partial charge in [-0.15, -0.1) is 0 Å². The predicted octanol–water partition coefficient (Wildman–Crippen LogP) is 4.26. The molecule has 0 saturated heterocycles. The number of rotatable bonds is 8. The number of benzene rings is 1. The smallest absolute Gasteiger partial charge is 0.418 e. The number of Topliss-reactive ketones (excluding diaryl/α,β-unsaturated/α-hetero) is 1. The topological polar surface area (TPSA) is 118 Å². The standard InChI is InChI=1S/C23H24F3N5O4/c1-4-16(32)13-10-27-17(29-22(34)11-5-6-11)9-14(13)28-21-18-15(31(2)30-21)8-7-12(19(18)35-3)20(33)23(24,25)26/h7-11,20,33H,4-6H2,1-3H3,(H2,27,28,29,30,34)/t20-/m0/s1/i1D3. The van der Waals surface area contributed by atoms with Crippen LogP contribution in [0.3, 0.4) is 0 Å². The van der Waals surface area contributed by atoms with Gasteiger partial charge in [0.25, 0.3) is 0 Å². The monoisotopic (exact) mass is 494 g/mol. The number of hydrogen-bond donors (Lipinski definition) is 3. The number of alkyl halides is 3. The molecule has 1 aromatic carbocycles. The van der Waals surface area contributed by atoms with E-state index in [1.165, 1.54) is 23.9 Å². The molecule has 186 valence electrons. The number of aromatic nitrogens is 3. The summed E-state index contributed by atoms with van der Waals surface area (Å²) in [5.41, 5.74) is -0.317. The molecule has 1 atom stereocenters. The summed E-state index contributed by atoms with van der Waals surface area (Å²) < 4.78 is 68.9. The number of carbonyl (C=O) groups excluding carboxylic acids is 2. The van der Waals surface area contributed by atoms with Gasteiger partial charge in [-0.2, -0.15) is 18.3 Å². The Morgan fingerprint density at radius 1 is 1.37 bits per heavy atom. The van der Waals surface area contributed by atoms with Gasteiger partial charge in [-0.3, -0.25) is 14.3 Å². The summed E-state index contributed by atoms with van der Waals surface area (Å²) in [5, 5.41) is 19.8. The number of hydrogen-bond acceptors (Lipinski definition) is 7. The molecule has 1 saturated carbocycles. The number of aryl methyl sites for hydroxylation is 1. The first-order chi connectivity index (χ1) is 17.7. The summed E-state index contributed by atoms with van der Waals surface area (Å²) in [6.45, 7) is -2.57. The van der Waals surface area contributed by atoms with E-state index in [1.807, 2.05) is 0 Å². The van der Waals surface area contributed by atoms with E-state index in [4.69, 9.17) is 8.85 Å². The average Bonchev–Trinajstić information content (AvgIpc) is 3.61. The van der Waals surface area contributed by atoms with E-state index < -0.39 is 36.9 Å². The third-order valence-electron chi connectivity index (χ3n) is 5.63. The Morgan fingerprint density at radius 2 is 2.11 bits per heavy atom. The molecule has 4 rings (SSSR count). The predicted molar refractivity (Wildman–Crippen MR) is 122 cm³/mol. The maximum absolute atomic E-state index is 13.3. The number of methoxy groups -OCH3 is 1. The Balaban J connectivity index is 1.82. The minimum Gasteiger partial charge on any atom is -0.496 e. The highest BCUT2D eigenvalue weighted by Gasteiger charge is 2.41. The minimum atomic E-state index is -4.97. The number of carbonyl (C=O) groups is 2. The number of aliphatic hydroxyl groups is 1. The highest BCUT2D eigenvalue weighted by atomic mass is 19.4. The van der Waals surface area contributed by atoms with Gasteiger partial charge in [0.05, 0.1) is 29.3 Å². The summed E-state index contributed by atoms with van der Waals surface area (Å²) >= 11 is 0. The lowest BCUT2D eigenvalue weighted by Crippen LogP contribution is -2.20. The van der Waals surface area contributed by atoms with Crippen molar-refractivity contribution in [3.05, 3.63) is 35.5 Å². The number of anilines is 3. The third kappa shape index (κ3) is 4.78. The summed E-state index contributed by atoms with van der Waals surface area (Å²) in [6, 6.07) is 3.72. The van der Waals surface area contributed by atoms with Crippen LogP contribution in [0.2, 0.25) is 0 Å². The maximum Gasteiger partial charge on any atom is 0.418 e. The van der Waals surface area contributed by atoms with Crippen molar-refractivity contribution < 1.29 is 36.7 Å². The maximum atomic E-state index is 13.3. The van der Waals surface area contributed by atoms with Crippen LogP contribution < -0.4 is 15.4 Å². The lowest BCUT2D eigenvalue weighted by Gasteiger charge is -2.18. The van der Waals surface area contributed by atoms with Crippen molar-refractivity contribution >= 4 is 39.9 Å². The highest BCUT2D eigenvalue weighted by molar-refractivity contribution is 6.04. The first-order valence-corrected chi connectivity index (χ1v) is 10.6. The van der Waals surface area contributed by atoms with Gasteiger partial charge >= 0.3 is 6.18 Å². The van der Waals surface area contributed by atoms with Gasteiger partial charge in [0, 0.05) is 41.3 Å². The Labute approximate surface area is 202 Å². The van der Waals surface area contributed by atoms with Crippen molar-refractivity contribution in [1.82, 2.24) is 14.8 Å². The molecule has 2 heterocycles. The fourth-order valence-corrected chi connectivity index (χ4v) is 3.69. The minimum absolute atomic E-state index is 0.0178. The molecule has 0 bridgehead atoms. The molecule has 0 aliphatic heterocycles. The molecule has 35 heavy (non-hydrogen) atoms. The number of ether oxygens (including phenoxy) is 1. The second-order valence-corrected chi connectivity index (χ2v) is 8.10. The number of pyridine rings is 1. The van der Waals surface area contributed by atoms with Crippen molar-refractivity contribution in [2.75, 3.05) is 17.7 Å². The van der Waals surface area contributed by atoms with Crippen molar-refractivity contribution in [3.8, 4) is 5.75 Å². The highest BCUT2D eigenvalue weighted by Crippen LogP contribution is 2.43. The number of ketones is 1. The van der Waals surface area contributed by atoms with Crippen LogP contribution in [0.5, 0.6) is 5.75 Å². The van der Waals surface area contributed by atoms with Crippen LogP contribution in [0, 0.1) is 5.92 Å². The van der Waals surface area contributed by atoms with Crippen molar-refractivity contribution in [2.24, 2.45) is 13.0 Å². The van der Waals surface area contributed by atoms with Crippen LogP contribution >= 0.6 is 0 Å². The van der Waals surface area contributed by atoms with Crippen LogP contribution in [0.25, 0.3) is 10.9 Å². The molecular formula is C23H24F3N5O4. The summed E-state index contributed by atoms with van der Waals surface area (Å²) in [5.74, 6) is -1.44. The molecule has 12 heteroatoms. The Morgan fingerprint density at radius 3 is 2.74 bits per heavy atom. The molecule has 0 radical (unpaired) electrons. The largest absolute Gasteiger partial charge is 0.496 e. The Kier molecular flexibility index (Phi) is 5.42. The zero-order chi connectivity index (χ0) is 28.0. The second-order valence-electron chi connectivity index (χ2n) is 8.10. The zero-order valence-corrected chi connectivity index (χ0v) is 18.7. The molecule has 3 aromatic rings. The van der Waals surface area contributed by atoms with Gasteiger partial charge < -0.3 is 20.5 Å². The average molecular weight is 494 g/mol. The van der Waals surface area contributed by atoms with E-state index in [0.717, 1.165) is 32.2 Å².